The molecule has 7 nitrogen and oxygen atoms in total. The van der Waals surface area contributed by atoms with Gasteiger partial charge < -0.3 is 10.6 Å². The number of amides is 2. The number of nitro benzene ring substituents is 1. The third-order valence-electron chi connectivity index (χ3n) is 3.48. The lowest BCUT2D eigenvalue weighted by molar-refractivity contribution is -0.384. The average molecular weight is 312 g/mol. The Labute approximate surface area is 125 Å². The van der Waals surface area contributed by atoms with Crippen LogP contribution in [0, 0.1) is 10.1 Å². The molecular weight excluding hydrogens is 298 g/mol. The maximum atomic E-state index is 12.5. The van der Waals surface area contributed by atoms with Crippen LogP contribution >= 0.6 is 11.6 Å². The molecule has 1 saturated heterocycles. The van der Waals surface area contributed by atoms with Gasteiger partial charge >= 0.3 is 0 Å². The Bertz CT molecular complexity index is 605. The quantitative estimate of drug-likeness (QED) is 0.677. The Kier molecular flexibility index (Phi) is 4.42. The lowest BCUT2D eigenvalue weighted by Gasteiger charge is -2.33. The summed E-state index contributed by atoms with van der Waals surface area (Å²) in [5.74, 6) is -1.01. The third-order valence-corrected chi connectivity index (χ3v) is 3.80. The van der Waals surface area contributed by atoms with E-state index in [0.717, 1.165) is 18.9 Å². The third kappa shape index (κ3) is 3.13. The molecule has 2 rings (SSSR count). The molecule has 0 aromatic heterocycles. The number of hydrogen-bond acceptors (Lipinski definition) is 4. The predicted octanol–water partition coefficient (Wildman–Crippen LogP) is 1.73. The number of nitro groups is 1. The van der Waals surface area contributed by atoms with Crippen LogP contribution in [0.1, 0.15) is 29.6 Å². The first-order valence-electron chi connectivity index (χ1n) is 6.46. The van der Waals surface area contributed by atoms with E-state index in [9.17, 15) is 19.7 Å². The summed E-state index contributed by atoms with van der Waals surface area (Å²) in [5, 5.41) is 10.8. The molecule has 0 radical (unpaired) electrons. The monoisotopic (exact) mass is 311 g/mol. The van der Waals surface area contributed by atoms with Crippen molar-refractivity contribution < 1.29 is 14.5 Å². The van der Waals surface area contributed by atoms with Gasteiger partial charge in [0.25, 0.3) is 11.6 Å². The van der Waals surface area contributed by atoms with Crippen molar-refractivity contribution in [3.8, 4) is 0 Å². The Morgan fingerprint density at radius 1 is 1.38 bits per heavy atom. The van der Waals surface area contributed by atoms with E-state index in [-0.39, 0.29) is 16.3 Å². The van der Waals surface area contributed by atoms with Crippen LogP contribution in [-0.4, -0.2) is 34.2 Å². The largest absolute Gasteiger partial charge is 0.368 e. The zero-order valence-corrected chi connectivity index (χ0v) is 11.9. The van der Waals surface area contributed by atoms with Crippen LogP contribution in [0.15, 0.2) is 18.2 Å². The maximum absolute atomic E-state index is 12.5. The van der Waals surface area contributed by atoms with Gasteiger partial charge in [0.1, 0.15) is 11.1 Å². The number of nitrogens with two attached hydrogens (primary N) is 1. The van der Waals surface area contributed by atoms with Crippen molar-refractivity contribution in [1.29, 1.82) is 0 Å². The van der Waals surface area contributed by atoms with Gasteiger partial charge in [-0.05, 0) is 31.4 Å². The SMILES string of the molecule is NC(=O)C1CCCCN1C(=O)c1ccc(Cl)c([N+](=O)[O-])c1. The minimum Gasteiger partial charge on any atom is -0.368 e. The van der Waals surface area contributed by atoms with Crippen molar-refractivity contribution in [2.24, 2.45) is 5.73 Å². The molecule has 2 amide bonds. The fourth-order valence-electron chi connectivity index (χ4n) is 2.42. The van der Waals surface area contributed by atoms with Crippen LogP contribution in [0.25, 0.3) is 0 Å². The highest BCUT2D eigenvalue weighted by Crippen LogP contribution is 2.27. The van der Waals surface area contributed by atoms with Crippen LogP contribution in [0.3, 0.4) is 0 Å². The molecule has 1 aliphatic heterocycles. The molecule has 1 unspecified atom stereocenters. The van der Waals surface area contributed by atoms with Gasteiger partial charge in [-0.25, -0.2) is 0 Å². The van der Waals surface area contributed by atoms with Crippen LogP contribution in [-0.2, 0) is 4.79 Å². The molecule has 8 heteroatoms. The average Bonchev–Trinajstić information content (AvgIpc) is 2.46. The van der Waals surface area contributed by atoms with E-state index in [0.29, 0.717) is 13.0 Å². The summed E-state index contributed by atoms with van der Waals surface area (Å²) < 4.78 is 0. The summed E-state index contributed by atoms with van der Waals surface area (Å²) in [7, 11) is 0. The fourth-order valence-corrected chi connectivity index (χ4v) is 2.61. The highest BCUT2D eigenvalue weighted by atomic mass is 35.5. The smallest absolute Gasteiger partial charge is 0.288 e. The summed E-state index contributed by atoms with van der Waals surface area (Å²) in [6, 6.07) is 3.17. The van der Waals surface area contributed by atoms with Crippen molar-refractivity contribution in [2.45, 2.75) is 25.3 Å². The van der Waals surface area contributed by atoms with Crippen molar-refractivity contribution in [3.63, 3.8) is 0 Å². The Hall–Kier alpha value is -2.15. The van der Waals surface area contributed by atoms with E-state index in [2.05, 4.69) is 0 Å². The number of carbonyl (C=O) groups is 2. The number of primary amides is 1. The second-order valence-corrected chi connectivity index (χ2v) is 5.24. The number of rotatable bonds is 3. The van der Waals surface area contributed by atoms with Gasteiger partial charge in [-0.1, -0.05) is 11.6 Å². The van der Waals surface area contributed by atoms with Gasteiger partial charge in [0.2, 0.25) is 5.91 Å². The molecule has 1 aromatic rings. The van der Waals surface area contributed by atoms with Crippen LogP contribution in [0.2, 0.25) is 5.02 Å². The number of hydrogen-bond donors (Lipinski definition) is 1. The fraction of sp³-hybridized carbons (Fsp3) is 0.385. The van der Waals surface area contributed by atoms with Crippen LogP contribution < -0.4 is 5.73 Å². The minimum atomic E-state index is -0.666. The number of carbonyl (C=O) groups excluding carboxylic acids is 2. The van der Waals surface area contributed by atoms with Crippen LogP contribution in [0.5, 0.6) is 0 Å². The number of benzene rings is 1. The first-order chi connectivity index (χ1) is 9.91. The molecule has 0 spiro atoms. The van der Waals surface area contributed by atoms with Crippen molar-refractivity contribution in [2.75, 3.05) is 6.54 Å². The summed E-state index contributed by atoms with van der Waals surface area (Å²) in [6.07, 6.45) is 2.10. The number of nitrogens with zero attached hydrogens (tertiary/aromatic N) is 2. The van der Waals surface area contributed by atoms with Crippen molar-refractivity contribution >= 4 is 29.1 Å². The van der Waals surface area contributed by atoms with E-state index in [4.69, 9.17) is 17.3 Å². The van der Waals surface area contributed by atoms with Gasteiger partial charge in [0.05, 0.1) is 4.92 Å². The Morgan fingerprint density at radius 2 is 2.10 bits per heavy atom. The van der Waals surface area contributed by atoms with Gasteiger partial charge in [-0.3, -0.25) is 19.7 Å². The lowest BCUT2D eigenvalue weighted by Crippen LogP contribution is -2.50. The summed E-state index contributed by atoms with van der Waals surface area (Å²) in [5.41, 5.74) is 5.10. The van der Waals surface area contributed by atoms with E-state index in [1.54, 1.807) is 0 Å². The Morgan fingerprint density at radius 3 is 2.71 bits per heavy atom. The number of piperidine rings is 1. The second-order valence-electron chi connectivity index (χ2n) is 4.84. The van der Waals surface area contributed by atoms with Crippen molar-refractivity contribution in [3.05, 3.63) is 38.9 Å². The molecule has 2 N–H and O–H groups in total. The maximum Gasteiger partial charge on any atom is 0.288 e. The molecule has 1 aromatic carbocycles. The first-order valence-corrected chi connectivity index (χ1v) is 6.84. The zero-order valence-electron chi connectivity index (χ0n) is 11.1. The number of halogens is 1. The zero-order chi connectivity index (χ0) is 15.6. The summed E-state index contributed by atoms with van der Waals surface area (Å²) in [4.78, 5) is 35.5. The standard InChI is InChI=1S/C13H14ClN3O4/c14-9-5-4-8(7-11(9)17(20)21)13(19)16-6-2-1-3-10(16)12(15)18/h4-5,7,10H,1-3,6H2,(H2,15,18). The molecule has 0 saturated carbocycles. The normalized spacial score (nSPS) is 18.3. The molecule has 1 aliphatic rings. The van der Waals surface area contributed by atoms with Gasteiger partial charge in [-0.15, -0.1) is 0 Å². The predicted molar refractivity (Wildman–Crippen MR) is 76.0 cm³/mol. The van der Waals surface area contributed by atoms with Crippen molar-refractivity contribution in [1.82, 2.24) is 4.90 Å². The van der Waals surface area contributed by atoms with E-state index in [1.165, 1.54) is 17.0 Å². The summed E-state index contributed by atoms with van der Waals surface area (Å²) in [6.45, 7) is 0.406. The number of likely N-dealkylation sites (tertiary alicyclic amines) is 1. The molecule has 1 atom stereocenters. The molecule has 1 fully saturated rings. The van der Waals surface area contributed by atoms with Gasteiger partial charge in [-0.2, -0.15) is 0 Å². The van der Waals surface area contributed by atoms with Crippen LogP contribution in [0.4, 0.5) is 5.69 Å². The minimum absolute atomic E-state index is 0.0401. The van der Waals surface area contributed by atoms with E-state index in [1.807, 2.05) is 0 Å². The molecule has 0 bridgehead atoms. The molecule has 0 aliphatic carbocycles. The molecule has 21 heavy (non-hydrogen) atoms. The van der Waals surface area contributed by atoms with E-state index >= 15 is 0 Å². The van der Waals surface area contributed by atoms with Gasteiger partial charge in [0.15, 0.2) is 0 Å². The second kappa shape index (κ2) is 6.09. The Balaban J connectivity index is 2.32. The summed E-state index contributed by atoms with van der Waals surface area (Å²) >= 11 is 5.72. The molecule has 1 heterocycles. The highest BCUT2D eigenvalue weighted by molar-refractivity contribution is 6.32. The topological polar surface area (TPSA) is 107 Å². The highest BCUT2D eigenvalue weighted by Gasteiger charge is 2.31. The molecule has 112 valence electrons. The molecular formula is C13H14ClN3O4. The first kappa shape index (κ1) is 15.2. The lowest BCUT2D eigenvalue weighted by atomic mass is 10.00. The van der Waals surface area contributed by atoms with E-state index < -0.39 is 22.8 Å². The van der Waals surface area contributed by atoms with Gasteiger partial charge in [0, 0.05) is 18.2 Å².